The molecule has 0 aliphatic heterocycles. The third-order valence-electron chi connectivity index (χ3n) is 3.28. The Labute approximate surface area is 129 Å². The first-order valence-corrected chi connectivity index (χ1v) is 6.81. The lowest BCUT2D eigenvalue weighted by Gasteiger charge is -2.02. The van der Waals surface area contributed by atoms with Gasteiger partial charge in [0.2, 0.25) is 5.76 Å². The molecule has 3 rings (SSSR count). The van der Waals surface area contributed by atoms with E-state index in [1.165, 1.54) is 19.2 Å². The third-order valence-corrected chi connectivity index (χ3v) is 3.28. The first kappa shape index (κ1) is 14.8. The minimum Gasteiger partial charge on any atom is -0.463 e. The Kier molecular flexibility index (Phi) is 3.61. The Bertz CT molecular complexity index is 977. The molecule has 0 spiro atoms. The number of fused-ring (bicyclic) bond motifs is 3. The van der Waals surface area contributed by atoms with Crippen molar-refractivity contribution in [1.29, 1.82) is 0 Å². The summed E-state index contributed by atoms with van der Waals surface area (Å²) in [6, 6.07) is 6.05. The van der Waals surface area contributed by atoms with E-state index in [4.69, 9.17) is 13.6 Å². The van der Waals surface area contributed by atoms with Crippen LogP contribution in [0.3, 0.4) is 0 Å². The molecule has 7 heteroatoms. The highest BCUT2D eigenvalue weighted by atomic mass is 16.5. The fraction of sp³-hybridized carbons (Fsp3) is 0.188. The zero-order valence-electron chi connectivity index (χ0n) is 12.4. The summed E-state index contributed by atoms with van der Waals surface area (Å²) in [5, 5.41) is 1.00. The van der Waals surface area contributed by atoms with Gasteiger partial charge in [-0.15, -0.1) is 0 Å². The quantitative estimate of drug-likeness (QED) is 0.541. The number of esters is 2. The Morgan fingerprint density at radius 1 is 1.13 bits per heavy atom. The van der Waals surface area contributed by atoms with Crippen LogP contribution < -0.4 is 5.63 Å². The number of carbonyl (C=O) groups is 2. The van der Waals surface area contributed by atoms with Crippen molar-refractivity contribution in [3.8, 4) is 0 Å². The molecule has 0 saturated heterocycles. The molecular formula is C16H12O7. The number of furan rings is 1. The largest absolute Gasteiger partial charge is 0.463 e. The van der Waals surface area contributed by atoms with Gasteiger partial charge in [0.25, 0.3) is 0 Å². The zero-order valence-corrected chi connectivity index (χ0v) is 12.4. The molecule has 118 valence electrons. The van der Waals surface area contributed by atoms with Crippen LogP contribution in [0.15, 0.2) is 37.9 Å². The Morgan fingerprint density at radius 2 is 1.91 bits per heavy atom. The van der Waals surface area contributed by atoms with Gasteiger partial charge in [-0.05, 0) is 31.2 Å². The van der Waals surface area contributed by atoms with Crippen molar-refractivity contribution in [3.63, 3.8) is 0 Å². The minimum atomic E-state index is -0.796. The molecule has 0 aliphatic carbocycles. The molecule has 0 fully saturated rings. The van der Waals surface area contributed by atoms with Crippen molar-refractivity contribution < 1.29 is 27.9 Å². The number of hydrogen-bond donors (Lipinski definition) is 0. The fourth-order valence-electron chi connectivity index (χ4n) is 2.24. The summed E-state index contributed by atoms with van der Waals surface area (Å²) < 4.78 is 20.0. The lowest BCUT2D eigenvalue weighted by Crippen LogP contribution is -2.16. The van der Waals surface area contributed by atoms with E-state index >= 15 is 0 Å². The van der Waals surface area contributed by atoms with E-state index in [9.17, 15) is 14.4 Å². The SMILES string of the molecule is CCOC(=O)c1cc2c(ccc3cc(C(=O)OC)oc32)oc1=O. The van der Waals surface area contributed by atoms with Crippen LogP contribution in [0, 0.1) is 0 Å². The smallest absolute Gasteiger partial charge is 0.373 e. The van der Waals surface area contributed by atoms with E-state index in [0.29, 0.717) is 16.4 Å². The monoisotopic (exact) mass is 316 g/mol. The second kappa shape index (κ2) is 5.60. The molecule has 7 nitrogen and oxygen atoms in total. The molecule has 0 amide bonds. The van der Waals surface area contributed by atoms with Gasteiger partial charge in [0.05, 0.1) is 19.1 Å². The topological polar surface area (TPSA) is 96.0 Å². The standard InChI is InChI=1S/C16H12O7/c1-3-21-14(17)10-7-9-11(23-15(10)18)5-4-8-6-12(16(19)20-2)22-13(8)9/h4-7H,3H2,1-2H3. The normalized spacial score (nSPS) is 10.9. The minimum absolute atomic E-state index is 0.0129. The number of ether oxygens (including phenoxy) is 2. The van der Waals surface area contributed by atoms with E-state index in [-0.39, 0.29) is 23.5 Å². The summed E-state index contributed by atoms with van der Waals surface area (Å²) >= 11 is 0. The lowest BCUT2D eigenvalue weighted by molar-refractivity contribution is 0.0520. The Hall–Kier alpha value is -3.09. The first-order chi connectivity index (χ1) is 11.0. The molecule has 3 aromatic rings. The van der Waals surface area contributed by atoms with Gasteiger partial charge < -0.3 is 18.3 Å². The molecule has 0 unspecified atom stereocenters. The molecule has 0 bridgehead atoms. The van der Waals surface area contributed by atoms with Gasteiger partial charge in [-0.25, -0.2) is 14.4 Å². The van der Waals surface area contributed by atoms with Crippen molar-refractivity contribution in [2.24, 2.45) is 0 Å². The molecule has 0 atom stereocenters. The highest BCUT2D eigenvalue weighted by Crippen LogP contribution is 2.28. The molecule has 2 heterocycles. The zero-order chi connectivity index (χ0) is 16.6. The summed E-state index contributed by atoms with van der Waals surface area (Å²) in [6.07, 6.45) is 0. The van der Waals surface area contributed by atoms with Gasteiger partial charge in [0, 0.05) is 5.39 Å². The molecule has 0 aliphatic rings. The van der Waals surface area contributed by atoms with Gasteiger partial charge in [-0.1, -0.05) is 0 Å². The second-order valence-corrected chi connectivity index (χ2v) is 4.67. The molecule has 0 radical (unpaired) electrons. The third kappa shape index (κ3) is 2.46. The van der Waals surface area contributed by atoms with Crippen LogP contribution in [0.1, 0.15) is 27.8 Å². The van der Waals surface area contributed by atoms with E-state index in [2.05, 4.69) is 4.74 Å². The fourth-order valence-corrected chi connectivity index (χ4v) is 2.24. The molecule has 2 aromatic heterocycles. The maximum absolute atomic E-state index is 11.9. The predicted octanol–water partition coefficient (Wildman–Crippen LogP) is 2.50. The first-order valence-electron chi connectivity index (χ1n) is 6.81. The van der Waals surface area contributed by atoms with Gasteiger partial charge in [0.15, 0.2) is 0 Å². The summed E-state index contributed by atoms with van der Waals surface area (Å²) in [4.78, 5) is 35.3. The average Bonchev–Trinajstić information content (AvgIpc) is 2.98. The van der Waals surface area contributed by atoms with E-state index in [1.54, 1.807) is 19.1 Å². The molecular weight excluding hydrogens is 304 g/mol. The van der Waals surface area contributed by atoms with Gasteiger partial charge in [0.1, 0.15) is 16.7 Å². The van der Waals surface area contributed by atoms with E-state index in [1.807, 2.05) is 0 Å². The van der Waals surface area contributed by atoms with Crippen LogP contribution in [0.5, 0.6) is 0 Å². The van der Waals surface area contributed by atoms with Gasteiger partial charge in [-0.2, -0.15) is 0 Å². The van der Waals surface area contributed by atoms with Crippen LogP contribution >= 0.6 is 0 Å². The Balaban J connectivity index is 2.27. The van der Waals surface area contributed by atoms with Crippen LogP contribution in [0.25, 0.3) is 21.9 Å². The number of rotatable bonds is 3. The highest BCUT2D eigenvalue weighted by Gasteiger charge is 2.19. The highest BCUT2D eigenvalue weighted by molar-refractivity contribution is 6.06. The summed E-state index contributed by atoms with van der Waals surface area (Å²) in [7, 11) is 1.24. The van der Waals surface area contributed by atoms with Crippen LogP contribution in [0.2, 0.25) is 0 Å². The number of hydrogen-bond acceptors (Lipinski definition) is 7. The van der Waals surface area contributed by atoms with E-state index in [0.717, 1.165) is 0 Å². The van der Waals surface area contributed by atoms with Crippen LogP contribution in [0.4, 0.5) is 0 Å². The van der Waals surface area contributed by atoms with Crippen molar-refractivity contribution in [3.05, 3.63) is 46.0 Å². The number of carbonyl (C=O) groups excluding carboxylic acids is 2. The molecule has 0 saturated carbocycles. The van der Waals surface area contributed by atoms with Crippen molar-refractivity contribution >= 4 is 33.9 Å². The van der Waals surface area contributed by atoms with Gasteiger partial charge in [-0.3, -0.25) is 0 Å². The van der Waals surface area contributed by atoms with Crippen LogP contribution in [-0.4, -0.2) is 25.7 Å². The van der Waals surface area contributed by atoms with Crippen molar-refractivity contribution in [1.82, 2.24) is 0 Å². The average molecular weight is 316 g/mol. The molecule has 1 aromatic carbocycles. The number of methoxy groups -OCH3 is 1. The summed E-state index contributed by atoms with van der Waals surface area (Å²) in [6.45, 7) is 1.77. The van der Waals surface area contributed by atoms with Crippen LogP contribution in [-0.2, 0) is 9.47 Å². The maximum atomic E-state index is 11.9. The number of benzene rings is 1. The maximum Gasteiger partial charge on any atom is 0.373 e. The summed E-state index contributed by atoms with van der Waals surface area (Å²) in [5.74, 6) is -1.39. The van der Waals surface area contributed by atoms with Crippen molar-refractivity contribution in [2.45, 2.75) is 6.92 Å². The molecule has 23 heavy (non-hydrogen) atoms. The predicted molar refractivity (Wildman–Crippen MR) is 79.6 cm³/mol. The van der Waals surface area contributed by atoms with E-state index < -0.39 is 17.6 Å². The lowest BCUT2D eigenvalue weighted by atomic mass is 10.1. The van der Waals surface area contributed by atoms with Crippen molar-refractivity contribution in [2.75, 3.05) is 13.7 Å². The molecule has 0 N–H and O–H groups in total. The Morgan fingerprint density at radius 3 is 2.61 bits per heavy atom. The second-order valence-electron chi connectivity index (χ2n) is 4.67. The van der Waals surface area contributed by atoms with Gasteiger partial charge >= 0.3 is 17.6 Å². The summed E-state index contributed by atoms with van der Waals surface area (Å²) in [5.41, 5.74) is -0.476.